The predicted octanol–water partition coefficient (Wildman–Crippen LogP) is 5.72. The second kappa shape index (κ2) is 8.66. The molecule has 3 N–H and O–H groups in total. The van der Waals surface area contributed by atoms with E-state index in [1.807, 2.05) is 6.92 Å². The molecule has 0 aromatic rings. The van der Waals surface area contributed by atoms with Crippen LogP contribution in [-0.4, -0.2) is 39.3 Å². The maximum Gasteiger partial charge on any atom is 0.306 e. The van der Waals surface area contributed by atoms with Gasteiger partial charge in [-0.3, -0.25) is 9.59 Å². The van der Waals surface area contributed by atoms with E-state index in [1.165, 1.54) is 5.57 Å². The lowest BCUT2D eigenvalue weighted by Crippen LogP contribution is -2.55. The van der Waals surface area contributed by atoms with Crippen molar-refractivity contribution in [2.75, 3.05) is 0 Å². The number of carbonyl (C=O) groups excluding carboxylic acids is 1. The molecule has 2 saturated carbocycles. The largest absolute Gasteiger partial charge is 0.481 e. The highest BCUT2D eigenvalue weighted by Gasteiger charge is 2.70. The quantitative estimate of drug-likeness (QED) is 0.408. The van der Waals surface area contributed by atoms with Crippen molar-refractivity contribution in [3.63, 3.8) is 0 Å². The minimum absolute atomic E-state index is 0.183. The lowest BCUT2D eigenvalue weighted by atomic mass is 9.44. The summed E-state index contributed by atoms with van der Waals surface area (Å²) < 4.78 is 0. The standard InChI is InChI=1S/C31H46O5/c1-17(2)18(3)9-10-19(27(35)36)24-25(33)26(34)31(8)21-11-12-22-28(4,5)23(32)14-15-29(22,6)20(21)13-16-30(24,31)7/h11,13,17,19,22,24-26,33-34H,3,9-10,12,14-16H2,1-2,4-8H3,(H,35,36). The smallest absolute Gasteiger partial charge is 0.306 e. The Morgan fingerprint density at radius 2 is 1.75 bits per heavy atom. The van der Waals surface area contributed by atoms with Crippen LogP contribution in [0.25, 0.3) is 0 Å². The van der Waals surface area contributed by atoms with Gasteiger partial charge in [-0.05, 0) is 65.9 Å². The molecule has 4 rings (SSSR count). The van der Waals surface area contributed by atoms with E-state index in [0.717, 1.165) is 24.0 Å². The first kappa shape index (κ1) is 27.3. The van der Waals surface area contributed by atoms with E-state index in [9.17, 15) is 24.9 Å². The number of aliphatic hydroxyl groups is 2. The third kappa shape index (κ3) is 3.48. The summed E-state index contributed by atoms with van der Waals surface area (Å²) in [6, 6.07) is 0. The zero-order valence-electron chi connectivity index (χ0n) is 23.2. The van der Waals surface area contributed by atoms with Crippen LogP contribution in [0.1, 0.15) is 87.0 Å². The van der Waals surface area contributed by atoms with Crippen LogP contribution >= 0.6 is 0 Å². The van der Waals surface area contributed by atoms with Gasteiger partial charge in [0, 0.05) is 23.2 Å². The molecule has 5 nitrogen and oxygen atoms in total. The van der Waals surface area contributed by atoms with E-state index in [-0.39, 0.29) is 17.3 Å². The van der Waals surface area contributed by atoms with E-state index >= 15 is 0 Å². The summed E-state index contributed by atoms with van der Waals surface area (Å²) in [5.74, 6) is -1.50. The fraction of sp³-hybridized carbons (Fsp3) is 0.742. The van der Waals surface area contributed by atoms with Gasteiger partial charge in [0.2, 0.25) is 0 Å². The number of aliphatic carboxylic acids is 1. The number of ketones is 1. The van der Waals surface area contributed by atoms with Gasteiger partial charge < -0.3 is 15.3 Å². The summed E-state index contributed by atoms with van der Waals surface area (Å²) in [6.07, 6.45) is 5.94. The molecule has 5 heteroatoms. The van der Waals surface area contributed by atoms with Crippen LogP contribution in [0.15, 0.2) is 35.5 Å². The summed E-state index contributed by atoms with van der Waals surface area (Å²) in [7, 11) is 0. The predicted molar refractivity (Wildman–Crippen MR) is 141 cm³/mol. The molecule has 0 radical (unpaired) electrons. The summed E-state index contributed by atoms with van der Waals surface area (Å²) >= 11 is 0. The Labute approximate surface area is 216 Å². The molecule has 0 aliphatic heterocycles. The molecule has 0 aromatic heterocycles. The summed E-state index contributed by atoms with van der Waals surface area (Å²) in [5.41, 5.74) is 1.28. The number of Topliss-reactive ketones (excluding diaryl/α,β-unsaturated/α-hetero) is 1. The fourth-order valence-corrected chi connectivity index (χ4v) is 8.72. The van der Waals surface area contributed by atoms with Gasteiger partial charge in [-0.1, -0.05) is 72.8 Å². The molecule has 4 aliphatic rings. The molecule has 0 saturated heterocycles. The van der Waals surface area contributed by atoms with Gasteiger partial charge in [0.15, 0.2) is 0 Å². The average molecular weight is 499 g/mol. The van der Waals surface area contributed by atoms with E-state index in [4.69, 9.17) is 0 Å². The van der Waals surface area contributed by atoms with E-state index in [2.05, 4.69) is 60.3 Å². The molecular weight excluding hydrogens is 452 g/mol. The Morgan fingerprint density at radius 3 is 2.33 bits per heavy atom. The number of allylic oxidation sites excluding steroid dienone is 4. The average Bonchev–Trinajstić information content (AvgIpc) is 2.94. The van der Waals surface area contributed by atoms with Crippen molar-refractivity contribution in [1.82, 2.24) is 0 Å². The van der Waals surface area contributed by atoms with Gasteiger partial charge in [0.05, 0.1) is 18.1 Å². The Morgan fingerprint density at radius 1 is 1.11 bits per heavy atom. The van der Waals surface area contributed by atoms with Crippen molar-refractivity contribution in [3.8, 4) is 0 Å². The summed E-state index contributed by atoms with van der Waals surface area (Å²) in [5, 5.41) is 33.5. The molecule has 4 aliphatic carbocycles. The van der Waals surface area contributed by atoms with Gasteiger partial charge in [-0.15, -0.1) is 0 Å². The second-order valence-corrected chi connectivity index (χ2v) is 13.7. The number of carboxylic acids is 1. The first-order valence-corrected chi connectivity index (χ1v) is 13.8. The molecular formula is C31H46O5. The van der Waals surface area contributed by atoms with Crippen molar-refractivity contribution in [2.24, 2.45) is 45.3 Å². The molecule has 0 spiro atoms. The van der Waals surface area contributed by atoms with Gasteiger partial charge in [-0.25, -0.2) is 0 Å². The summed E-state index contributed by atoms with van der Waals surface area (Å²) in [6.45, 7) is 18.8. The zero-order chi connectivity index (χ0) is 27.0. The van der Waals surface area contributed by atoms with Gasteiger partial charge in [0.25, 0.3) is 0 Å². The van der Waals surface area contributed by atoms with Crippen molar-refractivity contribution >= 4 is 11.8 Å². The highest BCUT2D eigenvalue weighted by atomic mass is 16.4. The number of hydrogen-bond acceptors (Lipinski definition) is 4. The molecule has 2 fully saturated rings. The van der Waals surface area contributed by atoms with Gasteiger partial charge in [-0.2, -0.15) is 0 Å². The first-order chi connectivity index (χ1) is 16.5. The van der Waals surface area contributed by atoms with Crippen LogP contribution < -0.4 is 0 Å². The van der Waals surface area contributed by atoms with Gasteiger partial charge >= 0.3 is 5.97 Å². The molecule has 0 amide bonds. The SMILES string of the molecule is C=C(CCC(C(=O)O)C1C(O)C(O)C2(C)C3=CCC4C(C)(C)C(=O)CCC4(C)C3=CCC12C)C(C)C. The molecule has 0 bridgehead atoms. The maximum absolute atomic E-state index is 12.8. The highest BCUT2D eigenvalue weighted by molar-refractivity contribution is 5.86. The van der Waals surface area contributed by atoms with Crippen LogP contribution in [0.5, 0.6) is 0 Å². The van der Waals surface area contributed by atoms with Crippen molar-refractivity contribution in [3.05, 3.63) is 35.5 Å². The van der Waals surface area contributed by atoms with E-state index < -0.39 is 46.3 Å². The normalized spacial score (nSPS) is 42.1. The van der Waals surface area contributed by atoms with Crippen molar-refractivity contribution < 1.29 is 24.9 Å². The Balaban J connectivity index is 1.78. The summed E-state index contributed by atoms with van der Waals surface area (Å²) in [4.78, 5) is 25.4. The molecule has 8 unspecified atom stereocenters. The molecule has 200 valence electrons. The van der Waals surface area contributed by atoms with Crippen molar-refractivity contribution in [2.45, 2.75) is 99.2 Å². The van der Waals surface area contributed by atoms with Crippen LogP contribution in [0.3, 0.4) is 0 Å². The minimum atomic E-state index is -1.13. The molecule has 36 heavy (non-hydrogen) atoms. The molecule has 8 atom stereocenters. The Bertz CT molecular complexity index is 1030. The zero-order valence-corrected chi connectivity index (χ0v) is 23.2. The number of rotatable bonds is 6. The lowest BCUT2D eigenvalue weighted by molar-refractivity contribution is -0.148. The van der Waals surface area contributed by atoms with Crippen LogP contribution in [0.4, 0.5) is 0 Å². The van der Waals surface area contributed by atoms with Crippen molar-refractivity contribution in [1.29, 1.82) is 0 Å². The van der Waals surface area contributed by atoms with Crippen LogP contribution in [0, 0.1) is 45.3 Å². The number of aliphatic hydroxyl groups excluding tert-OH is 2. The number of hydrogen-bond donors (Lipinski definition) is 3. The second-order valence-electron chi connectivity index (χ2n) is 13.7. The van der Waals surface area contributed by atoms with Gasteiger partial charge in [0.1, 0.15) is 5.78 Å². The Kier molecular flexibility index (Phi) is 6.57. The fourth-order valence-electron chi connectivity index (χ4n) is 8.72. The van der Waals surface area contributed by atoms with Crippen LogP contribution in [-0.2, 0) is 9.59 Å². The molecule has 0 aromatic carbocycles. The first-order valence-electron chi connectivity index (χ1n) is 13.8. The minimum Gasteiger partial charge on any atom is -0.481 e. The Hall–Kier alpha value is -1.72. The van der Waals surface area contributed by atoms with E-state index in [0.29, 0.717) is 31.5 Å². The monoisotopic (exact) mass is 498 g/mol. The molecule has 0 heterocycles. The third-order valence-electron chi connectivity index (χ3n) is 11.5. The van der Waals surface area contributed by atoms with Crippen LogP contribution in [0.2, 0.25) is 0 Å². The highest BCUT2D eigenvalue weighted by Crippen LogP contribution is 2.71. The lowest BCUT2D eigenvalue weighted by Gasteiger charge is -2.59. The third-order valence-corrected chi connectivity index (χ3v) is 11.5. The number of fused-ring (bicyclic) bond motifs is 5. The number of carboxylic acid groups (broad SMARTS) is 1. The maximum atomic E-state index is 12.8. The topological polar surface area (TPSA) is 94.8 Å². The number of carbonyl (C=O) groups is 2. The van der Waals surface area contributed by atoms with E-state index in [1.54, 1.807) is 0 Å².